The van der Waals surface area contributed by atoms with Crippen molar-refractivity contribution < 1.29 is 32.2 Å². The van der Waals surface area contributed by atoms with E-state index < -0.39 is 33.8 Å². The molecule has 0 aliphatic carbocycles. The van der Waals surface area contributed by atoms with Crippen molar-refractivity contribution in [2.45, 2.75) is 4.90 Å². The van der Waals surface area contributed by atoms with Crippen molar-refractivity contribution >= 4 is 58.6 Å². The molecule has 0 spiro atoms. The number of benzene rings is 2. The summed E-state index contributed by atoms with van der Waals surface area (Å²) in [5, 5.41) is 21.1. The van der Waals surface area contributed by atoms with Crippen molar-refractivity contribution in [2.24, 2.45) is 0 Å². The minimum atomic E-state index is -4.46. The van der Waals surface area contributed by atoms with Crippen LogP contribution in [0.5, 0.6) is 5.75 Å². The van der Waals surface area contributed by atoms with Crippen LogP contribution in [0.4, 0.5) is 11.4 Å². The molecule has 12 nitrogen and oxygen atoms in total. The van der Waals surface area contributed by atoms with Crippen molar-refractivity contribution in [3.63, 3.8) is 0 Å². The van der Waals surface area contributed by atoms with Crippen LogP contribution in [0.15, 0.2) is 53.4 Å². The Balaban J connectivity index is 0.00000392. The molecule has 0 aliphatic heterocycles. The molecule has 2 rings (SSSR count). The molecule has 0 radical (unpaired) electrons. The summed E-state index contributed by atoms with van der Waals surface area (Å²) in [6, 6.07) is 8.17. The average molecular weight is 441 g/mol. The topological polar surface area (TPSA) is 179 Å². The summed E-state index contributed by atoms with van der Waals surface area (Å²) in [4.78, 5) is 29.2. The fourth-order valence-electron chi connectivity index (χ4n) is 1.82. The number of hydrogen-bond acceptors (Lipinski definition) is 8. The molecule has 1 atom stereocenters. The molecule has 0 heterocycles. The zero-order chi connectivity index (χ0) is 20.2. The number of sulfonamides is 1. The zero-order valence-corrected chi connectivity index (χ0v) is 15.0. The summed E-state index contributed by atoms with van der Waals surface area (Å²) >= 11 is 0. The molecular weight excluding hydrogens is 428 g/mol. The van der Waals surface area contributed by atoms with Gasteiger partial charge in [-0.2, -0.15) is 4.72 Å². The second-order valence-electron chi connectivity index (χ2n) is 5.04. The minimum absolute atomic E-state index is 0. The molecule has 28 heavy (non-hydrogen) atoms. The molecule has 1 unspecified atom stereocenters. The molecule has 146 valence electrons. The first-order valence-corrected chi connectivity index (χ1v) is 10.2. The second kappa shape index (κ2) is 9.56. The Bertz CT molecular complexity index is 1010. The molecule has 0 aromatic heterocycles. The van der Waals surface area contributed by atoms with Gasteiger partial charge in [0.05, 0.1) is 14.7 Å². The predicted molar refractivity (Wildman–Crippen MR) is 99.0 cm³/mol. The molecule has 2 N–H and O–H groups in total. The Morgan fingerprint density at radius 3 is 1.82 bits per heavy atom. The van der Waals surface area contributed by atoms with Crippen LogP contribution in [-0.2, 0) is 14.6 Å². The van der Waals surface area contributed by atoms with Gasteiger partial charge in [0.2, 0.25) is 10.0 Å². The maximum absolute atomic E-state index is 12.1. The average Bonchev–Trinajstić information content (AvgIpc) is 2.60. The number of nitro benzene ring substituents is 2. The van der Waals surface area contributed by atoms with Gasteiger partial charge in [-0.3, -0.25) is 20.2 Å². The van der Waals surface area contributed by atoms with Crippen LogP contribution in [0.1, 0.15) is 0 Å². The zero-order valence-electron chi connectivity index (χ0n) is 13.3. The van der Waals surface area contributed by atoms with Crippen LogP contribution in [0.3, 0.4) is 0 Å². The fraction of sp³-hybridized carbons (Fsp3) is 0.0769. The van der Waals surface area contributed by atoms with E-state index in [4.69, 9.17) is 4.52 Å². The molecule has 0 aliphatic rings. The monoisotopic (exact) mass is 441 g/mol. The number of hydrogen-bond donors (Lipinski definition) is 2. The van der Waals surface area contributed by atoms with Crippen molar-refractivity contribution in [2.75, 3.05) is 6.29 Å². The van der Waals surface area contributed by atoms with Crippen LogP contribution >= 0.6 is 7.60 Å². The number of nitrogens with one attached hydrogen (secondary N) is 1. The van der Waals surface area contributed by atoms with Gasteiger partial charge < -0.3 is 9.42 Å². The van der Waals surface area contributed by atoms with Gasteiger partial charge in [-0.15, -0.1) is 0 Å². The van der Waals surface area contributed by atoms with Crippen molar-refractivity contribution in [1.82, 2.24) is 4.72 Å². The normalized spacial score (nSPS) is 13.0. The van der Waals surface area contributed by atoms with Gasteiger partial charge in [-0.25, -0.2) is 13.0 Å². The van der Waals surface area contributed by atoms with Gasteiger partial charge in [0.15, 0.2) is 0 Å². The van der Waals surface area contributed by atoms with E-state index in [-0.39, 0.29) is 51.6 Å². The maximum atomic E-state index is 12.1. The molecule has 0 amide bonds. The summed E-state index contributed by atoms with van der Waals surface area (Å²) in [5.74, 6) is -0.166. The molecule has 15 heteroatoms. The summed E-state index contributed by atoms with van der Waals surface area (Å²) in [6.07, 6.45) is -0.983. The van der Waals surface area contributed by atoms with E-state index in [0.717, 1.165) is 48.5 Å². The summed E-state index contributed by atoms with van der Waals surface area (Å²) in [7, 11) is -8.68. The van der Waals surface area contributed by atoms with E-state index in [1.165, 1.54) is 0 Å². The number of non-ortho nitro benzene ring substituents is 2. The SMILES string of the molecule is O=[N+]([O-])c1ccc(OP(=O)(O)CNS(=O)(=O)c2ccc([N+](=O)[O-])cc2)cc1.[NaH]. The molecular formula is C13H13N3NaO9PS. The van der Waals surface area contributed by atoms with E-state index in [9.17, 15) is 38.1 Å². The van der Waals surface area contributed by atoms with E-state index >= 15 is 0 Å². The number of rotatable bonds is 8. The number of nitro groups is 2. The Hall–Kier alpha value is -1.86. The van der Waals surface area contributed by atoms with Gasteiger partial charge >= 0.3 is 37.2 Å². The van der Waals surface area contributed by atoms with Gasteiger partial charge in [-0.1, -0.05) is 0 Å². The Morgan fingerprint density at radius 1 is 0.964 bits per heavy atom. The van der Waals surface area contributed by atoms with Crippen LogP contribution in [-0.4, -0.2) is 59.0 Å². The second-order valence-corrected chi connectivity index (χ2v) is 8.58. The summed E-state index contributed by atoms with van der Waals surface area (Å²) < 4.78 is 42.8. The van der Waals surface area contributed by atoms with Crippen LogP contribution < -0.4 is 9.25 Å². The van der Waals surface area contributed by atoms with E-state index in [1.807, 2.05) is 4.72 Å². The number of nitrogens with zero attached hydrogens (tertiary/aromatic N) is 2. The van der Waals surface area contributed by atoms with Crippen LogP contribution in [0.25, 0.3) is 0 Å². The fourth-order valence-corrected chi connectivity index (χ4v) is 4.33. The third kappa shape index (κ3) is 6.63. The third-order valence-corrected chi connectivity index (χ3v) is 5.79. The van der Waals surface area contributed by atoms with Gasteiger partial charge in [-0.05, 0) is 24.3 Å². The van der Waals surface area contributed by atoms with Gasteiger partial charge in [0, 0.05) is 24.3 Å². The predicted octanol–water partition coefficient (Wildman–Crippen LogP) is 1.35. The summed E-state index contributed by atoms with van der Waals surface area (Å²) in [6.45, 7) is 0. The molecule has 2 aromatic rings. The van der Waals surface area contributed by atoms with Crippen LogP contribution in [0.2, 0.25) is 0 Å². The van der Waals surface area contributed by atoms with Gasteiger partial charge in [0.25, 0.3) is 11.4 Å². The molecule has 0 saturated carbocycles. The van der Waals surface area contributed by atoms with E-state index in [1.54, 1.807) is 0 Å². The summed E-state index contributed by atoms with van der Waals surface area (Å²) in [5.41, 5.74) is -0.572. The van der Waals surface area contributed by atoms with E-state index in [0.29, 0.717) is 0 Å². The van der Waals surface area contributed by atoms with Crippen molar-refractivity contribution in [3.05, 3.63) is 68.8 Å². The quantitative estimate of drug-likeness (QED) is 0.265. The first-order valence-electron chi connectivity index (χ1n) is 7.00. The van der Waals surface area contributed by atoms with Crippen molar-refractivity contribution in [1.29, 1.82) is 0 Å². The van der Waals surface area contributed by atoms with E-state index in [2.05, 4.69) is 0 Å². The molecule has 2 aromatic carbocycles. The molecule has 0 fully saturated rings. The third-order valence-electron chi connectivity index (χ3n) is 3.11. The first kappa shape index (κ1) is 24.2. The van der Waals surface area contributed by atoms with Crippen LogP contribution in [0, 0.1) is 20.2 Å². The standard InChI is InChI=1S/C13H12N3O9PS.Na.H/c17-15(18)10-1-5-12(6-2-10)25-26(21,22)9-14-27(23,24)13-7-3-11(4-8-13)16(19)20;;/h1-8,14H,9H2,(H,21,22);;. The van der Waals surface area contributed by atoms with Crippen molar-refractivity contribution in [3.8, 4) is 5.75 Å². The van der Waals surface area contributed by atoms with Gasteiger partial charge in [0.1, 0.15) is 12.0 Å². The Kier molecular flexibility index (Phi) is 8.26. The molecule has 0 saturated heterocycles. The Labute approximate surface area is 180 Å². The first-order chi connectivity index (χ1) is 12.5. The molecule has 0 bridgehead atoms. The Morgan fingerprint density at radius 2 is 1.39 bits per heavy atom.